The Hall–Kier alpha value is -3.30. The number of halogens is 2. The zero-order valence-electron chi connectivity index (χ0n) is 17.0. The van der Waals surface area contributed by atoms with Crippen LogP contribution in [-0.2, 0) is 15.0 Å². The average molecular weight is 431 g/mol. The molecule has 0 spiro atoms. The summed E-state index contributed by atoms with van der Waals surface area (Å²) in [5.41, 5.74) is 4.55. The molecule has 2 fully saturated rings. The molecular weight excluding hydrogens is 408 g/mol. The molecule has 164 valence electrons. The van der Waals surface area contributed by atoms with Gasteiger partial charge in [-0.25, -0.2) is 13.8 Å². The number of hydrogen-bond donors (Lipinski definition) is 2. The van der Waals surface area contributed by atoms with Crippen molar-refractivity contribution < 1.29 is 23.1 Å². The molecule has 4 rings (SSSR count). The van der Waals surface area contributed by atoms with Gasteiger partial charge in [0.15, 0.2) is 11.6 Å². The Morgan fingerprint density at radius 2 is 1.87 bits per heavy atom. The van der Waals surface area contributed by atoms with E-state index in [0.717, 1.165) is 6.07 Å². The minimum Gasteiger partial charge on any atom is -0.487 e. The van der Waals surface area contributed by atoms with Crippen LogP contribution in [0.4, 0.5) is 14.6 Å². The van der Waals surface area contributed by atoms with Crippen LogP contribution >= 0.6 is 0 Å². The number of carbonyl (C=O) groups excluding carboxylic acids is 2. The fourth-order valence-electron chi connectivity index (χ4n) is 3.67. The maximum atomic E-state index is 13.8. The highest BCUT2D eigenvalue weighted by molar-refractivity contribution is 5.91. The fraction of sp³-hybridized carbons (Fsp3) is 0.429. The molecule has 1 aromatic carbocycles. The zero-order valence-corrected chi connectivity index (χ0v) is 17.0. The lowest BCUT2D eigenvalue weighted by molar-refractivity contribution is -0.129. The monoisotopic (exact) mass is 431 g/mol. The highest BCUT2D eigenvalue weighted by Gasteiger charge is 2.53. The lowest BCUT2D eigenvalue weighted by Crippen LogP contribution is -2.46. The van der Waals surface area contributed by atoms with Gasteiger partial charge in [-0.05, 0) is 25.0 Å². The van der Waals surface area contributed by atoms with Crippen LogP contribution in [-0.4, -0.2) is 41.0 Å². The molecule has 8 nitrogen and oxygen atoms in total. The molecule has 2 heterocycles. The maximum Gasteiger partial charge on any atom is 0.250 e. The number of amides is 2. The summed E-state index contributed by atoms with van der Waals surface area (Å²) in [5, 5.41) is 0. The minimum absolute atomic E-state index is 0.0521. The molecule has 1 aliphatic heterocycles. The van der Waals surface area contributed by atoms with E-state index in [1.54, 1.807) is 12.4 Å². The molecular formula is C21H23F2N5O3. The van der Waals surface area contributed by atoms with Crippen molar-refractivity contribution in [3.8, 4) is 5.75 Å². The van der Waals surface area contributed by atoms with E-state index in [4.69, 9.17) is 4.74 Å². The second-order valence-corrected chi connectivity index (χ2v) is 7.86. The first-order chi connectivity index (χ1) is 14.9. The maximum absolute atomic E-state index is 13.8. The van der Waals surface area contributed by atoms with Gasteiger partial charge in [0.2, 0.25) is 5.91 Å². The molecule has 0 bridgehead atoms. The minimum atomic E-state index is -0.742. The predicted molar refractivity (Wildman–Crippen MR) is 107 cm³/mol. The number of nitrogens with zero attached hydrogens (tertiary/aromatic N) is 3. The molecule has 0 atom stereocenters. The van der Waals surface area contributed by atoms with Gasteiger partial charge in [0.1, 0.15) is 17.7 Å². The Morgan fingerprint density at radius 1 is 1.13 bits per heavy atom. The summed E-state index contributed by atoms with van der Waals surface area (Å²) in [5.74, 6) is -1.25. The smallest absolute Gasteiger partial charge is 0.250 e. The fourth-order valence-corrected chi connectivity index (χ4v) is 3.67. The van der Waals surface area contributed by atoms with E-state index < -0.39 is 17.0 Å². The first-order valence-electron chi connectivity index (χ1n) is 10.1. The highest BCUT2D eigenvalue weighted by Crippen LogP contribution is 2.47. The Kier molecular flexibility index (Phi) is 5.71. The van der Waals surface area contributed by atoms with Crippen molar-refractivity contribution in [2.75, 3.05) is 18.0 Å². The number of carbonyl (C=O) groups is 2. The normalized spacial score (nSPS) is 17.7. The van der Waals surface area contributed by atoms with Crippen LogP contribution in [0.1, 0.15) is 38.3 Å². The third kappa shape index (κ3) is 4.57. The van der Waals surface area contributed by atoms with Crippen LogP contribution in [0.15, 0.2) is 30.6 Å². The van der Waals surface area contributed by atoms with E-state index in [0.29, 0.717) is 50.3 Å². The number of hydrogen-bond acceptors (Lipinski definition) is 6. The third-order valence-corrected chi connectivity index (χ3v) is 5.62. The van der Waals surface area contributed by atoms with E-state index in [1.165, 1.54) is 19.1 Å². The summed E-state index contributed by atoms with van der Waals surface area (Å²) >= 11 is 0. The van der Waals surface area contributed by atoms with Crippen molar-refractivity contribution in [2.24, 2.45) is 0 Å². The summed E-state index contributed by atoms with van der Waals surface area (Å²) in [6.45, 7) is 2.62. The average Bonchev–Trinajstić information content (AvgIpc) is 3.57. The standard InChI is InChI=1S/C21H23F2N5O3/c1-13(29)26-27-20(30)21(6-7-21)18-11-25-19(12-24-18)28-8-4-15(5-9-28)31-17-3-2-14(22)10-16(17)23/h2-3,10-12,15H,4-9H2,1H3,(H,26,29)(H,27,30). The molecule has 1 saturated carbocycles. The quantitative estimate of drug-likeness (QED) is 0.703. The van der Waals surface area contributed by atoms with Crippen LogP contribution in [0.2, 0.25) is 0 Å². The van der Waals surface area contributed by atoms with Gasteiger partial charge < -0.3 is 9.64 Å². The molecule has 2 amide bonds. The van der Waals surface area contributed by atoms with E-state index >= 15 is 0 Å². The number of hydrazine groups is 1. The molecule has 10 heteroatoms. The van der Waals surface area contributed by atoms with Gasteiger partial charge in [-0.3, -0.25) is 25.4 Å². The first-order valence-corrected chi connectivity index (χ1v) is 10.1. The number of ether oxygens (including phenoxy) is 1. The number of piperidine rings is 1. The van der Waals surface area contributed by atoms with E-state index in [1.807, 2.05) is 0 Å². The summed E-state index contributed by atoms with van der Waals surface area (Å²) < 4.78 is 32.5. The number of rotatable bonds is 5. The Balaban J connectivity index is 1.33. The van der Waals surface area contributed by atoms with Crippen molar-refractivity contribution in [3.63, 3.8) is 0 Å². The molecule has 0 unspecified atom stereocenters. The largest absolute Gasteiger partial charge is 0.487 e. The van der Waals surface area contributed by atoms with Gasteiger partial charge in [-0.15, -0.1) is 0 Å². The summed E-state index contributed by atoms with van der Waals surface area (Å²) in [6, 6.07) is 3.29. The SMILES string of the molecule is CC(=O)NNC(=O)C1(c2cnc(N3CCC(Oc4ccc(F)cc4F)CC3)cn2)CC1. The Bertz CT molecular complexity index is 973. The molecule has 1 aliphatic carbocycles. The lowest BCUT2D eigenvalue weighted by atomic mass is 10.0. The van der Waals surface area contributed by atoms with Gasteiger partial charge >= 0.3 is 0 Å². The van der Waals surface area contributed by atoms with Gasteiger partial charge in [0.25, 0.3) is 5.91 Å². The van der Waals surface area contributed by atoms with E-state index in [2.05, 4.69) is 25.7 Å². The second-order valence-electron chi connectivity index (χ2n) is 7.86. The molecule has 31 heavy (non-hydrogen) atoms. The van der Waals surface area contributed by atoms with Crippen molar-refractivity contribution in [3.05, 3.63) is 47.9 Å². The molecule has 1 saturated heterocycles. The van der Waals surface area contributed by atoms with Crippen molar-refractivity contribution in [2.45, 2.75) is 44.1 Å². The number of anilines is 1. The van der Waals surface area contributed by atoms with Crippen molar-refractivity contribution in [1.82, 2.24) is 20.8 Å². The number of aromatic nitrogens is 2. The van der Waals surface area contributed by atoms with Crippen LogP contribution in [0.3, 0.4) is 0 Å². The third-order valence-electron chi connectivity index (χ3n) is 5.62. The predicted octanol–water partition coefficient (Wildman–Crippen LogP) is 2.00. The second kappa shape index (κ2) is 8.44. The molecule has 2 aromatic rings. The summed E-state index contributed by atoms with van der Waals surface area (Å²) in [6.07, 6.45) is 5.68. The Morgan fingerprint density at radius 3 is 2.45 bits per heavy atom. The summed E-state index contributed by atoms with van der Waals surface area (Å²) in [7, 11) is 0. The van der Waals surface area contributed by atoms with Gasteiger partial charge in [0.05, 0.1) is 23.5 Å². The zero-order chi connectivity index (χ0) is 22.0. The van der Waals surface area contributed by atoms with Crippen LogP contribution in [0, 0.1) is 11.6 Å². The van der Waals surface area contributed by atoms with Gasteiger partial charge in [-0.2, -0.15) is 0 Å². The first kappa shape index (κ1) is 21.0. The number of nitrogens with one attached hydrogen (secondary N) is 2. The Labute approximate surface area is 178 Å². The van der Waals surface area contributed by atoms with Crippen LogP contribution in [0.25, 0.3) is 0 Å². The van der Waals surface area contributed by atoms with Crippen molar-refractivity contribution in [1.29, 1.82) is 0 Å². The molecule has 1 aromatic heterocycles. The molecule has 2 aliphatic rings. The van der Waals surface area contributed by atoms with Crippen LogP contribution < -0.4 is 20.5 Å². The van der Waals surface area contributed by atoms with Crippen LogP contribution in [0.5, 0.6) is 5.75 Å². The molecule has 2 N–H and O–H groups in total. The van der Waals surface area contributed by atoms with Gasteiger partial charge in [0, 0.05) is 38.9 Å². The van der Waals surface area contributed by atoms with E-state index in [9.17, 15) is 18.4 Å². The topological polar surface area (TPSA) is 96.5 Å². The van der Waals surface area contributed by atoms with E-state index in [-0.39, 0.29) is 23.7 Å². The van der Waals surface area contributed by atoms with Crippen molar-refractivity contribution >= 4 is 17.6 Å². The highest BCUT2D eigenvalue weighted by atomic mass is 19.1. The van der Waals surface area contributed by atoms with Gasteiger partial charge in [-0.1, -0.05) is 0 Å². The summed E-state index contributed by atoms with van der Waals surface area (Å²) in [4.78, 5) is 34.4. The molecule has 0 radical (unpaired) electrons. The lowest BCUT2D eigenvalue weighted by Gasteiger charge is -2.32. The number of benzene rings is 1.